The van der Waals surface area contributed by atoms with Gasteiger partial charge in [0.05, 0.1) is 4.88 Å². The predicted octanol–water partition coefficient (Wildman–Crippen LogP) is 4.44. The van der Waals surface area contributed by atoms with Crippen LogP contribution in [-0.4, -0.2) is 32.2 Å². The van der Waals surface area contributed by atoms with Gasteiger partial charge >= 0.3 is 0 Å². The molecule has 1 N–H and O–H groups in total. The van der Waals surface area contributed by atoms with Gasteiger partial charge in [-0.2, -0.15) is 0 Å². The fourth-order valence-corrected chi connectivity index (χ4v) is 3.96. The number of aromatic nitrogens is 1. The molecule has 118 valence electrons. The number of thiazole rings is 1. The maximum Gasteiger partial charge on any atom is 0.186 e. The molecule has 1 aromatic heterocycles. The van der Waals surface area contributed by atoms with Crippen molar-refractivity contribution < 1.29 is 0 Å². The van der Waals surface area contributed by atoms with E-state index in [9.17, 15) is 0 Å². The Morgan fingerprint density at radius 1 is 1.38 bits per heavy atom. The van der Waals surface area contributed by atoms with Gasteiger partial charge in [0, 0.05) is 20.6 Å². The summed E-state index contributed by atoms with van der Waals surface area (Å²) in [6, 6.07) is 0. The molecule has 0 radical (unpaired) electrons. The highest BCUT2D eigenvalue weighted by Gasteiger charge is 2.19. The zero-order valence-electron chi connectivity index (χ0n) is 13.3. The summed E-state index contributed by atoms with van der Waals surface area (Å²) in [7, 11) is 4.01. The summed E-state index contributed by atoms with van der Waals surface area (Å²) in [5.41, 5.74) is 1.49. The zero-order chi connectivity index (χ0) is 15.2. The fourth-order valence-electron chi connectivity index (χ4n) is 2.81. The van der Waals surface area contributed by atoms with Gasteiger partial charge < -0.3 is 10.2 Å². The smallest absolute Gasteiger partial charge is 0.186 e. The molecule has 5 heteroatoms. The first-order valence-corrected chi connectivity index (χ1v) is 9.06. The van der Waals surface area contributed by atoms with E-state index in [-0.39, 0.29) is 0 Å². The third-order valence-electron chi connectivity index (χ3n) is 4.01. The summed E-state index contributed by atoms with van der Waals surface area (Å²) < 4.78 is 0. The quantitative estimate of drug-likeness (QED) is 0.837. The van der Waals surface area contributed by atoms with Crippen LogP contribution >= 0.6 is 22.9 Å². The minimum Gasteiger partial charge on any atom is -0.354 e. The summed E-state index contributed by atoms with van der Waals surface area (Å²) in [4.78, 5) is 7.54. The van der Waals surface area contributed by atoms with Crippen LogP contribution in [-0.2, 0) is 0 Å². The number of rotatable bonds is 6. The second kappa shape index (κ2) is 8.16. The molecule has 1 saturated carbocycles. The van der Waals surface area contributed by atoms with E-state index >= 15 is 0 Å². The van der Waals surface area contributed by atoms with Crippen LogP contribution in [0.3, 0.4) is 0 Å². The van der Waals surface area contributed by atoms with Gasteiger partial charge in [0.2, 0.25) is 0 Å². The number of halogens is 1. The van der Waals surface area contributed by atoms with Crippen LogP contribution in [0.4, 0.5) is 5.13 Å². The van der Waals surface area contributed by atoms with Crippen molar-refractivity contribution in [2.45, 2.75) is 39.0 Å². The van der Waals surface area contributed by atoms with Crippen molar-refractivity contribution in [1.29, 1.82) is 0 Å². The summed E-state index contributed by atoms with van der Waals surface area (Å²) >= 11 is 7.99. The van der Waals surface area contributed by atoms with Gasteiger partial charge in [-0.15, -0.1) is 0 Å². The monoisotopic (exact) mass is 327 g/mol. The van der Waals surface area contributed by atoms with Crippen molar-refractivity contribution in [3.8, 4) is 0 Å². The topological polar surface area (TPSA) is 28.2 Å². The number of nitrogens with zero attached hydrogens (tertiary/aromatic N) is 2. The minimum atomic E-state index is 0.633. The van der Waals surface area contributed by atoms with Gasteiger partial charge in [-0.1, -0.05) is 54.7 Å². The summed E-state index contributed by atoms with van der Waals surface area (Å²) in [6.07, 6.45) is 9.01. The summed E-state index contributed by atoms with van der Waals surface area (Å²) in [5.74, 6) is 0.707. The zero-order valence-corrected chi connectivity index (χ0v) is 14.9. The first-order chi connectivity index (χ1) is 10.1. The molecule has 0 aromatic carbocycles. The molecule has 0 amide bonds. The van der Waals surface area contributed by atoms with Crippen molar-refractivity contribution in [1.82, 2.24) is 10.3 Å². The van der Waals surface area contributed by atoms with Gasteiger partial charge in [-0.25, -0.2) is 4.98 Å². The number of hydrogen-bond acceptors (Lipinski definition) is 4. The Morgan fingerprint density at radius 2 is 2.10 bits per heavy atom. The fraction of sp³-hybridized carbons (Fsp3) is 0.688. The van der Waals surface area contributed by atoms with Crippen LogP contribution in [0.5, 0.6) is 0 Å². The first-order valence-electron chi connectivity index (χ1n) is 7.86. The van der Waals surface area contributed by atoms with Gasteiger partial charge in [-0.05, 0) is 31.4 Å². The Bertz CT molecular complexity index is 476. The van der Waals surface area contributed by atoms with Crippen LogP contribution in [0, 0.1) is 5.92 Å². The van der Waals surface area contributed by atoms with E-state index < -0.39 is 0 Å². The largest absolute Gasteiger partial charge is 0.354 e. The second-order valence-corrected chi connectivity index (χ2v) is 7.25. The number of anilines is 1. The molecule has 2 rings (SSSR count). The third kappa shape index (κ3) is 4.70. The molecular weight excluding hydrogens is 302 g/mol. The lowest BCUT2D eigenvalue weighted by molar-refractivity contribution is 0.397. The molecule has 1 heterocycles. The van der Waals surface area contributed by atoms with E-state index in [2.05, 4.69) is 23.3 Å². The first kappa shape index (κ1) is 16.8. The lowest BCUT2D eigenvalue weighted by Gasteiger charge is -2.24. The van der Waals surface area contributed by atoms with E-state index in [1.54, 1.807) is 11.3 Å². The van der Waals surface area contributed by atoms with Crippen molar-refractivity contribution in [2.75, 3.05) is 32.1 Å². The highest BCUT2D eigenvalue weighted by Crippen LogP contribution is 2.35. The Balaban J connectivity index is 2.21. The molecule has 21 heavy (non-hydrogen) atoms. The van der Waals surface area contributed by atoms with E-state index in [1.165, 1.54) is 37.7 Å². The van der Waals surface area contributed by atoms with Crippen LogP contribution in [0.25, 0.3) is 6.08 Å². The van der Waals surface area contributed by atoms with Crippen LogP contribution in [0.1, 0.15) is 43.9 Å². The number of hydrogen-bond donors (Lipinski definition) is 1. The summed E-state index contributed by atoms with van der Waals surface area (Å²) in [6.45, 7) is 4.12. The maximum absolute atomic E-state index is 6.31. The average molecular weight is 328 g/mol. The van der Waals surface area contributed by atoms with E-state index in [0.717, 1.165) is 23.1 Å². The molecule has 0 spiro atoms. The van der Waals surface area contributed by atoms with Crippen LogP contribution < -0.4 is 10.2 Å². The van der Waals surface area contributed by atoms with Crippen molar-refractivity contribution >= 4 is 34.1 Å². The van der Waals surface area contributed by atoms with E-state index in [0.29, 0.717) is 11.1 Å². The van der Waals surface area contributed by atoms with Gasteiger partial charge in [0.25, 0.3) is 0 Å². The SMILES string of the molecule is CCNCC(=Cc1sc(N(C)C)nc1Cl)C1CCCCC1. The Hall–Kier alpha value is -0.580. The highest BCUT2D eigenvalue weighted by molar-refractivity contribution is 7.17. The molecule has 0 atom stereocenters. The maximum atomic E-state index is 6.31. The molecule has 3 nitrogen and oxygen atoms in total. The third-order valence-corrected chi connectivity index (χ3v) is 5.58. The van der Waals surface area contributed by atoms with E-state index in [4.69, 9.17) is 11.6 Å². The lowest BCUT2D eigenvalue weighted by atomic mass is 9.83. The molecule has 0 unspecified atom stereocenters. The number of likely N-dealkylation sites (N-methyl/N-ethyl adjacent to an activating group) is 1. The van der Waals surface area contributed by atoms with Crippen molar-refractivity contribution in [2.24, 2.45) is 5.92 Å². The lowest BCUT2D eigenvalue weighted by Crippen LogP contribution is -2.22. The van der Waals surface area contributed by atoms with Crippen LogP contribution in [0.2, 0.25) is 5.15 Å². The molecule has 1 fully saturated rings. The molecule has 0 aliphatic heterocycles. The average Bonchev–Trinajstić information content (AvgIpc) is 2.86. The van der Waals surface area contributed by atoms with Gasteiger partial charge in [0.15, 0.2) is 5.13 Å². The molecule has 1 aliphatic rings. The van der Waals surface area contributed by atoms with Crippen molar-refractivity contribution in [3.05, 3.63) is 15.6 Å². The molecule has 0 saturated heterocycles. The Morgan fingerprint density at radius 3 is 2.67 bits per heavy atom. The highest BCUT2D eigenvalue weighted by atomic mass is 35.5. The van der Waals surface area contributed by atoms with Gasteiger partial charge in [-0.3, -0.25) is 0 Å². The molecule has 1 aromatic rings. The normalized spacial score (nSPS) is 17.2. The second-order valence-electron chi connectivity index (χ2n) is 5.88. The van der Waals surface area contributed by atoms with E-state index in [1.807, 2.05) is 19.0 Å². The molecular formula is C16H26ClN3S. The van der Waals surface area contributed by atoms with Gasteiger partial charge in [0.1, 0.15) is 5.15 Å². The van der Waals surface area contributed by atoms with Crippen LogP contribution in [0.15, 0.2) is 5.57 Å². The predicted molar refractivity (Wildman–Crippen MR) is 94.5 cm³/mol. The molecule has 0 bridgehead atoms. The number of nitrogens with one attached hydrogen (secondary N) is 1. The summed E-state index contributed by atoms with van der Waals surface area (Å²) in [5, 5.41) is 5.08. The molecule has 1 aliphatic carbocycles. The Labute approximate surface area is 137 Å². The van der Waals surface area contributed by atoms with Crippen molar-refractivity contribution in [3.63, 3.8) is 0 Å². The Kier molecular flexibility index (Phi) is 6.52. The standard InChI is InChI=1S/C16H26ClN3S/c1-4-18-11-13(12-8-6-5-7-9-12)10-14-15(17)19-16(21-14)20(2)3/h10,12,18H,4-9,11H2,1-3H3. The minimum absolute atomic E-state index is 0.633.